The molecule has 9 heteroatoms. The lowest BCUT2D eigenvalue weighted by molar-refractivity contribution is 0.0140. The minimum Gasteiger partial charge on any atom is -0.505 e. The number of benzene rings is 2. The Morgan fingerprint density at radius 3 is 2.48 bits per heavy atom. The van der Waals surface area contributed by atoms with Crippen LogP contribution in [0.5, 0.6) is 5.75 Å². The molecule has 3 aromatic rings. The smallest absolute Gasteiger partial charge is 0.260 e. The molecule has 2 aromatic carbocycles. The average molecular weight is 446 g/mol. The number of fused-ring (bicyclic) bond motifs is 2. The Morgan fingerprint density at radius 2 is 1.87 bits per heavy atom. The van der Waals surface area contributed by atoms with Gasteiger partial charge in [-0.05, 0) is 29.8 Å². The number of aliphatic hydroxyl groups is 1. The van der Waals surface area contributed by atoms with Crippen molar-refractivity contribution in [3.05, 3.63) is 65.1 Å². The Morgan fingerprint density at radius 1 is 1.23 bits per heavy atom. The molecule has 2 atom stereocenters. The van der Waals surface area contributed by atoms with Crippen LogP contribution in [0.3, 0.4) is 0 Å². The van der Waals surface area contributed by atoms with Crippen LogP contribution in [0, 0.1) is 5.82 Å². The lowest BCUT2D eigenvalue weighted by Crippen LogP contribution is -2.28. The van der Waals surface area contributed by atoms with Crippen molar-refractivity contribution in [2.24, 2.45) is 0 Å². The first-order chi connectivity index (χ1) is 14.8. The summed E-state index contributed by atoms with van der Waals surface area (Å²) in [5.41, 5.74) is 1.26. The highest BCUT2D eigenvalue weighted by atomic mass is 32.2. The number of carbonyl (C=O) groups is 1. The minimum absolute atomic E-state index is 0.0105. The number of aromatic hydroxyl groups is 1. The fraction of sp³-hybridized carbons (Fsp3) is 0.273. The maximum Gasteiger partial charge on any atom is 0.260 e. The van der Waals surface area contributed by atoms with Crippen molar-refractivity contribution in [3.8, 4) is 5.75 Å². The van der Waals surface area contributed by atoms with Gasteiger partial charge in [0.1, 0.15) is 22.3 Å². The maximum absolute atomic E-state index is 13.2. The summed E-state index contributed by atoms with van der Waals surface area (Å²) in [6, 6.07) is 8.91. The van der Waals surface area contributed by atoms with Gasteiger partial charge in [0.15, 0.2) is 12.0 Å². The number of pyridine rings is 1. The molecule has 0 radical (unpaired) electrons. The molecule has 1 aliphatic rings. The van der Waals surface area contributed by atoms with Crippen molar-refractivity contribution in [1.82, 2.24) is 9.88 Å². The number of amides is 1. The second-order valence-electron chi connectivity index (χ2n) is 6.74. The standard InChI is InChI=1S/C20H18FN3O4S.C2H6/c1-23(29(2)28)17-13-4-3-9-22-16(13)18(25)15-14(17)19(26)24(20(15)27)10-11-5-7-12(21)8-6-11;1-2/h3-9,19,25-26H,10H2,1-2H3;1-2H3. The van der Waals surface area contributed by atoms with Gasteiger partial charge in [0.05, 0.1) is 11.3 Å². The monoisotopic (exact) mass is 445 g/mol. The van der Waals surface area contributed by atoms with Crippen LogP contribution in [0.4, 0.5) is 10.1 Å². The van der Waals surface area contributed by atoms with Gasteiger partial charge in [0.2, 0.25) is 0 Å². The van der Waals surface area contributed by atoms with Gasteiger partial charge in [0.25, 0.3) is 5.91 Å². The van der Waals surface area contributed by atoms with E-state index in [0.717, 1.165) is 0 Å². The van der Waals surface area contributed by atoms with Gasteiger partial charge >= 0.3 is 0 Å². The molecule has 0 spiro atoms. The highest BCUT2D eigenvalue weighted by molar-refractivity contribution is 7.85. The highest BCUT2D eigenvalue weighted by Gasteiger charge is 2.42. The lowest BCUT2D eigenvalue weighted by Gasteiger charge is -2.25. The molecule has 0 bridgehead atoms. The van der Waals surface area contributed by atoms with E-state index in [1.54, 1.807) is 19.2 Å². The molecule has 0 aliphatic carbocycles. The quantitative estimate of drug-likeness (QED) is 0.641. The number of nitrogens with zero attached hydrogens (tertiary/aromatic N) is 3. The van der Waals surface area contributed by atoms with Crippen molar-refractivity contribution in [1.29, 1.82) is 0 Å². The van der Waals surface area contributed by atoms with Gasteiger partial charge in [-0.2, -0.15) is 0 Å². The summed E-state index contributed by atoms with van der Waals surface area (Å²) in [6.07, 6.45) is 1.58. The first-order valence-corrected chi connectivity index (χ1v) is 11.3. The predicted molar refractivity (Wildman–Crippen MR) is 118 cm³/mol. The maximum atomic E-state index is 13.2. The number of rotatable bonds is 4. The van der Waals surface area contributed by atoms with Gasteiger partial charge in [-0.1, -0.05) is 26.0 Å². The van der Waals surface area contributed by atoms with Crippen LogP contribution in [0.15, 0.2) is 42.6 Å². The lowest BCUT2D eigenvalue weighted by atomic mass is 10.0. The molecule has 4 rings (SSSR count). The molecular formula is C22H24FN3O4S. The van der Waals surface area contributed by atoms with E-state index in [4.69, 9.17) is 0 Å². The summed E-state index contributed by atoms with van der Waals surface area (Å²) in [7, 11) is 0.125. The number of aromatic nitrogens is 1. The van der Waals surface area contributed by atoms with Crippen molar-refractivity contribution in [2.75, 3.05) is 17.6 Å². The van der Waals surface area contributed by atoms with Crippen molar-refractivity contribution < 1.29 is 23.6 Å². The molecule has 1 aliphatic heterocycles. The summed E-state index contributed by atoms with van der Waals surface area (Å²) in [5.74, 6) is -1.33. The molecule has 1 amide bonds. The average Bonchev–Trinajstić information content (AvgIpc) is 3.02. The predicted octanol–water partition coefficient (Wildman–Crippen LogP) is 3.48. The SMILES string of the molecule is CC.CN(c1c2c(c(O)c3ncccc13)C(=O)N(Cc1ccc(F)cc1)C2O)S(C)=O. The van der Waals surface area contributed by atoms with Crippen LogP contribution in [0.2, 0.25) is 0 Å². The Bertz CT molecular complexity index is 1150. The van der Waals surface area contributed by atoms with Crippen molar-refractivity contribution >= 4 is 33.5 Å². The number of hydrogen-bond donors (Lipinski definition) is 2. The van der Waals surface area contributed by atoms with E-state index >= 15 is 0 Å². The van der Waals surface area contributed by atoms with E-state index in [0.29, 0.717) is 16.6 Å². The molecule has 0 fully saturated rings. The molecule has 1 aromatic heterocycles. The van der Waals surface area contributed by atoms with Crippen LogP contribution in [0.1, 0.15) is 41.6 Å². The van der Waals surface area contributed by atoms with E-state index in [9.17, 15) is 23.6 Å². The minimum atomic E-state index is -1.45. The van der Waals surface area contributed by atoms with E-state index in [1.807, 2.05) is 13.8 Å². The number of carbonyl (C=O) groups excluding carboxylic acids is 1. The zero-order valence-corrected chi connectivity index (χ0v) is 18.5. The summed E-state index contributed by atoms with van der Waals surface area (Å²) in [5, 5.41) is 22.2. The largest absolute Gasteiger partial charge is 0.505 e. The van der Waals surface area contributed by atoms with Crippen LogP contribution >= 0.6 is 0 Å². The van der Waals surface area contributed by atoms with E-state index < -0.39 is 28.9 Å². The van der Waals surface area contributed by atoms with E-state index in [2.05, 4.69) is 4.98 Å². The van der Waals surface area contributed by atoms with Crippen molar-refractivity contribution in [3.63, 3.8) is 0 Å². The molecule has 0 saturated heterocycles. The number of anilines is 1. The summed E-state index contributed by atoms with van der Waals surface area (Å²) in [6.45, 7) is 4.01. The number of phenols is 1. The van der Waals surface area contributed by atoms with E-state index in [1.165, 1.54) is 45.9 Å². The Labute approximate surface area is 182 Å². The highest BCUT2D eigenvalue weighted by Crippen LogP contribution is 2.48. The first kappa shape index (κ1) is 22.6. The Hall–Kier alpha value is -3.04. The van der Waals surface area contributed by atoms with Crippen LogP contribution in [0.25, 0.3) is 10.9 Å². The van der Waals surface area contributed by atoms with E-state index in [-0.39, 0.29) is 28.9 Å². The normalized spacial score (nSPS) is 16.0. The summed E-state index contributed by atoms with van der Waals surface area (Å²) >= 11 is 0. The van der Waals surface area contributed by atoms with Crippen LogP contribution in [-0.4, -0.2) is 43.5 Å². The van der Waals surface area contributed by atoms with Gasteiger partial charge in [0, 0.05) is 37.0 Å². The molecular weight excluding hydrogens is 421 g/mol. The Balaban J connectivity index is 0.00000132. The molecule has 31 heavy (non-hydrogen) atoms. The first-order valence-electron chi connectivity index (χ1n) is 9.75. The molecule has 2 N–H and O–H groups in total. The summed E-state index contributed by atoms with van der Waals surface area (Å²) < 4.78 is 26.8. The summed E-state index contributed by atoms with van der Waals surface area (Å²) in [4.78, 5) is 18.4. The number of halogens is 1. The number of aliphatic hydroxyl groups excluding tert-OH is 1. The van der Waals surface area contributed by atoms with Gasteiger partial charge in [-0.25, -0.2) is 8.60 Å². The number of phenolic OH excluding ortho intramolecular Hbond substituents is 1. The molecule has 164 valence electrons. The van der Waals surface area contributed by atoms with Gasteiger partial charge < -0.3 is 15.1 Å². The van der Waals surface area contributed by atoms with Gasteiger partial charge in [-0.15, -0.1) is 0 Å². The second kappa shape index (κ2) is 8.99. The Kier molecular flexibility index (Phi) is 6.56. The second-order valence-corrected chi connectivity index (χ2v) is 8.14. The third kappa shape index (κ3) is 3.86. The third-order valence-corrected chi connectivity index (χ3v) is 6.00. The van der Waals surface area contributed by atoms with Crippen LogP contribution < -0.4 is 4.31 Å². The molecule has 7 nitrogen and oxygen atoms in total. The van der Waals surface area contributed by atoms with Crippen molar-refractivity contribution in [2.45, 2.75) is 26.6 Å². The fourth-order valence-electron chi connectivity index (χ4n) is 3.59. The molecule has 0 saturated carbocycles. The topological polar surface area (TPSA) is 94.0 Å². The zero-order chi connectivity index (χ0) is 22.9. The third-order valence-electron chi connectivity index (χ3n) is 5.04. The fourth-order valence-corrected chi connectivity index (χ4v) is 4.04. The number of hydrogen-bond acceptors (Lipinski definition) is 5. The van der Waals surface area contributed by atoms with Crippen LogP contribution in [-0.2, 0) is 17.5 Å². The van der Waals surface area contributed by atoms with Gasteiger partial charge in [-0.3, -0.25) is 14.1 Å². The molecule has 2 heterocycles. The zero-order valence-electron chi connectivity index (χ0n) is 17.7. The molecule has 2 unspecified atom stereocenters.